The fourth-order valence-corrected chi connectivity index (χ4v) is 4.73. The second-order valence-corrected chi connectivity index (χ2v) is 9.22. The van der Waals surface area contributed by atoms with Gasteiger partial charge in [-0.1, -0.05) is 35.9 Å². The largest absolute Gasteiger partial charge is 0.495 e. The zero-order valence-electron chi connectivity index (χ0n) is 21.9. The summed E-state index contributed by atoms with van der Waals surface area (Å²) >= 11 is 0. The van der Waals surface area contributed by atoms with Gasteiger partial charge in [-0.05, 0) is 75.6 Å². The van der Waals surface area contributed by atoms with E-state index in [1.165, 1.54) is 7.11 Å². The van der Waals surface area contributed by atoms with E-state index in [1.807, 2.05) is 70.2 Å². The number of carbonyl (C=O) groups is 2. The summed E-state index contributed by atoms with van der Waals surface area (Å²) < 4.78 is 12.8. The number of aryl methyl sites for hydroxylation is 3. The van der Waals surface area contributed by atoms with Gasteiger partial charge < -0.3 is 18.9 Å². The van der Waals surface area contributed by atoms with Crippen LogP contribution in [0.1, 0.15) is 40.6 Å². The first-order valence-corrected chi connectivity index (χ1v) is 11.9. The molecule has 0 saturated carbocycles. The van der Waals surface area contributed by atoms with Crippen molar-refractivity contribution in [1.29, 1.82) is 0 Å². The first kappa shape index (κ1) is 25.0. The van der Waals surface area contributed by atoms with E-state index >= 15 is 0 Å². The quantitative estimate of drug-likeness (QED) is 0.338. The van der Waals surface area contributed by atoms with Gasteiger partial charge in [-0.3, -0.25) is 4.79 Å². The Bertz CT molecular complexity index is 1410. The predicted molar refractivity (Wildman–Crippen MR) is 141 cm³/mol. The van der Waals surface area contributed by atoms with Crippen LogP contribution in [0.25, 0.3) is 11.8 Å². The first-order chi connectivity index (χ1) is 17.2. The van der Waals surface area contributed by atoms with Gasteiger partial charge in [0.1, 0.15) is 5.75 Å². The molecule has 1 aliphatic rings. The zero-order chi connectivity index (χ0) is 26.1. The van der Waals surface area contributed by atoms with Gasteiger partial charge in [0.05, 0.1) is 37.6 Å². The third-order valence-electron chi connectivity index (χ3n) is 6.71. The lowest BCUT2D eigenvalue weighted by Gasteiger charge is -2.18. The standard InChI is InChI=1S/C30H32N2O4/c1-18-8-11-23(12-9-18)17-31-22(5)28(30(34)36-7)25(29(31)33)16-24-15-20(3)32(21(24)4)26-14-19(2)10-13-27(26)35-6/h8-16H,17H2,1-7H3/b25-16-. The van der Waals surface area contributed by atoms with Crippen molar-refractivity contribution < 1.29 is 19.1 Å². The maximum absolute atomic E-state index is 13.6. The van der Waals surface area contributed by atoms with Gasteiger partial charge in [0.25, 0.3) is 5.91 Å². The van der Waals surface area contributed by atoms with Crippen LogP contribution in [0.2, 0.25) is 0 Å². The summed E-state index contributed by atoms with van der Waals surface area (Å²) in [5.74, 6) is 0.0212. The fourth-order valence-electron chi connectivity index (χ4n) is 4.73. The van der Waals surface area contributed by atoms with Gasteiger partial charge in [-0.25, -0.2) is 4.79 Å². The lowest BCUT2D eigenvalue weighted by atomic mass is 10.0. The Hall–Kier alpha value is -4.06. The maximum Gasteiger partial charge on any atom is 0.340 e. The number of carbonyl (C=O) groups excluding carboxylic acids is 2. The summed E-state index contributed by atoms with van der Waals surface area (Å²) in [5.41, 5.74) is 8.19. The minimum Gasteiger partial charge on any atom is -0.495 e. The van der Waals surface area contributed by atoms with Crippen LogP contribution in [0, 0.1) is 27.7 Å². The molecular weight excluding hydrogens is 452 g/mol. The van der Waals surface area contributed by atoms with Crippen LogP contribution < -0.4 is 4.74 Å². The number of benzene rings is 2. The number of methoxy groups -OCH3 is 2. The molecular formula is C30H32N2O4. The van der Waals surface area contributed by atoms with Gasteiger partial charge in [0.2, 0.25) is 0 Å². The summed E-state index contributed by atoms with van der Waals surface area (Å²) in [6, 6.07) is 16.1. The van der Waals surface area contributed by atoms with Crippen LogP contribution in [0.3, 0.4) is 0 Å². The van der Waals surface area contributed by atoms with E-state index in [-0.39, 0.29) is 5.91 Å². The van der Waals surface area contributed by atoms with Gasteiger partial charge in [0.15, 0.2) is 0 Å². The monoisotopic (exact) mass is 484 g/mol. The normalized spacial score (nSPS) is 14.7. The molecule has 0 fully saturated rings. The number of ether oxygens (including phenoxy) is 2. The Balaban J connectivity index is 1.80. The Labute approximate surface area is 212 Å². The highest BCUT2D eigenvalue weighted by Crippen LogP contribution is 2.35. The van der Waals surface area contributed by atoms with Crippen molar-refractivity contribution in [3.05, 3.63) is 99.0 Å². The number of aromatic nitrogens is 1. The second kappa shape index (κ2) is 9.90. The average molecular weight is 485 g/mol. The lowest BCUT2D eigenvalue weighted by molar-refractivity contribution is -0.136. The number of esters is 1. The van der Waals surface area contributed by atoms with E-state index in [0.29, 0.717) is 23.4 Å². The molecule has 0 unspecified atom stereocenters. The summed E-state index contributed by atoms with van der Waals surface area (Å²) in [5, 5.41) is 0. The SMILES string of the molecule is COC(=O)C1=C(C)N(Cc2ccc(C)cc2)C(=O)/C1=C\c1cc(C)n(-c2cc(C)ccc2OC)c1C. The Morgan fingerprint density at radius 3 is 2.22 bits per heavy atom. The molecule has 0 bridgehead atoms. The van der Waals surface area contributed by atoms with Crippen molar-refractivity contribution in [2.24, 2.45) is 0 Å². The van der Waals surface area contributed by atoms with Crippen LogP contribution >= 0.6 is 0 Å². The molecule has 4 rings (SSSR count). The van der Waals surface area contributed by atoms with E-state index in [9.17, 15) is 9.59 Å². The van der Waals surface area contributed by atoms with Crippen molar-refractivity contribution in [1.82, 2.24) is 9.47 Å². The smallest absolute Gasteiger partial charge is 0.340 e. The van der Waals surface area contributed by atoms with Crippen molar-refractivity contribution in [3.8, 4) is 11.4 Å². The third kappa shape index (κ3) is 4.47. The number of amides is 1. The van der Waals surface area contributed by atoms with E-state index in [0.717, 1.165) is 45.1 Å². The summed E-state index contributed by atoms with van der Waals surface area (Å²) in [4.78, 5) is 28.1. The number of rotatable bonds is 6. The lowest BCUT2D eigenvalue weighted by Crippen LogP contribution is -2.24. The topological polar surface area (TPSA) is 60.8 Å². The van der Waals surface area contributed by atoms with Crippen LogP contribution in [0.5, 0.6) is 5.75 Å². The highest BCUT2D eigenvalue weighted by molar-refractivity contribution is 6.16. The molecule has 1 aromatic heterocycles. The Morgan fingerprint density at radius 2 is 1.58 bits per heavy atom. The predicted octanol–water partition coefficient (Wildman–Crippen LogP) is 5.59. The molecule has 0 radical (unpaired) electrons. The molecule has 186 valence electrons. The third-order valence-corrected chi connectivity index (χ3v) is 6.71. The van der Waals surface area contributed by atoms with E-state index in [2.05, 4.69) is 10.6 Å². The summed E-state index contributed by atoms with van der Waals surface area (Å²) in [6.45, 7) is 10.2. The van der Waals surface area contributed by atoms with E-state index in [4.69, 9.17) is 9.47 Å². The first-order valence-electron chi connectivity index (χ1n) is 11.9. The summed E-state index contributed by atoms with van der Waals surface area (Å²) in [6.07, 6.45) is 1.80. The zero-order valence-corrected chi connectivity index (χ0v) is 21.9. The second-order valence-electron chi connectivity index (χ2n) is 9.22. The van der Waals surface area contributed by atoms with Crippen LogP contribution in [0.4, 0.5) is 0 Å². The molecule has 1 amide bonds. The molecule has 0 saturated heterocycles. The number of nitrogens with zero attached hydrogens (tertiary/aromatic N) is 2. The highest BCUT2D eigenvalue weighted by Gasteiger charge is 2.37. The van der Waals surface area contributed by atoms with Crippen LogP contribution in [0.15, 0.2) is 65.4 Å². The molecule has 3 aromatic rings. The summed E-state index contributed by atoms with van der Waals surface area (Å²) in [7, 11) is 2.99. The minimum atomic E-state index is -0.521. The van der Waals surface area contributed by atoms with E-state index in [1.54, 1.807) is 25.0 Å². The molecule has 6 heteroatoms. The van der Waals surface area contributed by atoms with Gasteiger partial charge in [0, 0.05) is 17.1 Å². The van der Waals surface area contributed by atoms with Gasteiger partial charge in [-0.15, -0.1) is 0 Å². The molecule has 0 spiro atoms. The molecule has 0 aliphatic carbocycles. The van der Waals surface area contributed by atoms with Crippen LogP contribution in [-0.2, 0) is 20.9 Å². The molecule has 36 heavy (non-hydrogen) atoms. The number of hydrogen-bond donors (Lipinski definition) is 0. The van der Waals surface area contributed by atoms with Crippen molar-refractivity contribution in [3.63, 3.8) is 0 Å². The number of allylic oxidation sites excluding steroid dienone is 1. The van der Waals surface area contributed by atoms with E-state index < -0.39 is 5.97 Å². The molecule has 1 aliphatic heterocycles. The van der Waals surface area contributed by atoms with Gasteiger partial charge in [-0.2, -0.15) is 0 Å². The van der Waals surface area contributed by atoms with Crippen LogP contribution in [-0.4, -0.2) is 35.6 Å². The van der Waals surface area contributed by atoms with Crippen molar-refractivity contribution in [2.75, 3.05) is 14.2 Å². The minimum absolute atomic E-state index is 0.216. The Kier molecular flexibility index (Phi) is 6.88. The molecule has 0 atom stereocenters. The molecule has 2 aromatic carbocycles. The molecule has 0 N–H and O–H groups in total. The molecule has 2 heterocycles. The highest BCUT2D eigenvalue weighted by atomic mass is 16.5. The average Bonchev–Trinajstić information content (AvgIpc) is 3.26. The van der Waals surface area contributed by atoms with Gasteiger partial charge >= 0.3 is 5.97 Å². The Morgan fingerprint density at radius 1 is 0.917 bits per heavy atom. The van der Waals surface area contributed by atoms with Crippen molar-refractivity contribution in [2.45, 2.75) is 41.2 Å². The number of hydrogen-bond acceptors (Lipinski definition) is 4. The van der Waals surface area contributed by atoms with Crippen molar-refractivity contribution >= 4 is 18.0 Å². The maximum atomic E-state index is 13.6. The fraction of sp³-hybridized carbons (Fsp3) is 0.267. The molecule has 6 nitrogen and oxygen atoms in total.